The standard InChI is InChI=1S/C7H7FIN/c1-10-7-4-5(8)2-3-6(7)9/h2-4,10H,1H3. The van der Waals surface area contributed by atoms with Gasteiger partial charge in [0.2, 0.25) is 0 Å². The maximum Gasteiger partial charge on any atom is 0.125 e. The Balaban J connectivity index is 3.09. The van der Waals surface area contributed by atoms with Crippen LogP contribution in [0.4, 0.5) is 10.1 Å². The Morgan fingerprint density at radius 2 is 2.20 bits per heavy atom. The molecule has 0 spiro atoms. The van der Waals surface area contributed by atoms with Crippen molar-refractivity contribution in [3.05, 3.63) is 27.6 Å². The SMILES string of the molecule is CNc1cc(F)ccc1I. The molecule has 0 unspecified atom stereocenters. The monoisotopic (exact) mass is 251 g/mol. The summed E-state index contributed by atoms with van der Waals surface area (Å²) in [6, 6.07) is 4.66. The lowest BCUT2D eigenvalue weighted by Crippen LogP contribution is -1.91. The van der Waals surface area contributed by atoms with Crippen LogP contribution in [0.2, 0.25) is 0 Å². The summed E-state index contributed by atoms with van der Waals surface area (Å²) in [5, 5.41) is 2.89. The smallest absolute Gasteiger partial charge is 0.125 e. The van der Waals surface area contributed by atoms with E-state index in [2.05, 4.69) is 27.9 Å². The zero-order valence-electron chi connectivity index (χ0n) is 5.49. The van der Waals surface area contributed by atoms with Crippen LogP contribution in [0.25, 0.3) is 0 Å². The Labute approximate surface area is 72.8 Å². The highest BCUT2D eigenvalue weighted by Crippen LogP contribution is 2.17. The minimum absolute atomic E-state index is 0.204. The summed E-state index contributed by atoms with van der Waals surface area (Å²) >= 11 is 2.15. The minimum atomic E-state index is -0.204. The van der Waals surface area contributed by atoms with Crippen LogP contribution in [0.1, 0.15) is 0 Å². The number of hydrogen-bond donors (Lipinski definition) is 1. The Hall–Kier alpha value is -0.320. The quantitative estimate of drug-likeness (QED) is 0.756. The molecule has 1 N–H and O–H groups in total. The van der Waals surface area contributed by atoms with Crippen molar-refractivity contribution in [1.29, 1.82) is 0 Å². The molecule has 0 aromatic heterocycles. The van der Waals surface area contributed by atoms with Crippen LogP contribution in [0.3, 0.4) is 0 Å². The lowest BCUT2D eigenvalue weighted by atomic mass is 10.3. The first-order valence-electron chi connectivity index (χ1n) is 2.87. The summed E-state index contributed by atoms with van der Waals surface area (Å²) in [6.07, 6.45) is 0. The van der Waals surface area contributed by atoms with Gasteiger partial charge in [-0.1, -0.05) is 0 Å². The Morgan fingerprint density at radius 1 is 1.50 bits per heavy atom. The molecule has 0 amide bonds. The van der Waals surface area contributed by atoms with Crippen molar-refractivity contribution in [3.63, 3.8) is 0 Å². The first-order valence-corrected chi connectivity index (χ1v) is 3.94. The van der Waals surface area contributed by atoms with E-state index in [1.54, 1.807) is 13.1 Å². The van der Waals surface area contributed by atoms with Crippen LogP contribution < -0.4 is 5.32 Å². The molecule has 0 saturated carbocycles. The van der Waals surface area contributed by atoms with E-state index in [1.807, 2.05) is 0 Å². The van der Waals surface area contributed by atoms with Crippen molar-refractivity contribution in [1.82, 2.24) is 0 Å². The maximum atomic E-state index is 12.5. The third-order valence-electron chi connectivity index (χ3n) is 1.20. The summed E-state index contributed by atoms with van der Waals surface area (Å²) in [5.74, 6) is -0.204. The van der Waals surface area contributed by atoms with Crippen LogP contribution >= 0.6 is 22.6 Å². The molecule has 3 heteroatoms. The average molecular weight is 251 g/mol. The van der Waals surface area contributed by atoms with Gasteiger partial charge >= 0.3 is 0 Å². The number of halogens is 2. The van der Waals surface area contributed by atoms with Crippen LogP contribution in [0.15, 0.2) is 18.2 Å². The third kappa shape index (κ3) is 1.59. The van der Waals surface area contributed by atoms with Crippen LogP contribution in [0.5, 0.6) is 0 Å². The van der Waals surface area contributed by atoms with E-state index in [-0.39, 0.29) is 5.82 Å². The van der Waals surface area contributed by atoms with Crippen molar-refractivity contribution in [2.45, 2.75) is 0 Å². The summed E-state index contributed by atoms with van der Waals surface area (Å²) in [7, 11) is 1.77. The highest BCUT2D eigenvalue weighted by Gasteiger charge is 1.96. The Morgan fingerprint density at radius 3 is 2.70 bits per heavy atom. The maximum absolute atomic E-state index is 12.5. The second-order valence-corrected chi connectivity index (χ2v) is 3.04. The van der Waals surface area contributed by atoms with E-state index < -0.39 is 0 Å². The van der Waals surface area contributed by atoms with E-state index in [1.165, 1.54) is 12.1 Å². The first-order chi connectivity index (χ1) is 4.74. The molecule has 0 heterocycles. The van der Waals surface area contributed by atoms with Gasteiger partial charge in [0.05, 0.1) is 5.69 Å². The zero-order chi connectivity index (χ0) is 7.56. The Kier molecular flexibility index (Phi) is 2.48. The van der Waals surface area contributed by atoms with Gasteiger partial charge < -0.3 is 5.32 Å². The summed E-state index contributed by atoms with van der Waals surface area (Å²) in [4.78, 5) is 0. The van der Waals surface area contributed by atoms with Gasteiger partial charge in [-0.05, 0) is 40.8 Å². The number of rotatable bonds is 1. The highest BCUT2D eigenvalue weighted by molar-refractivity contribution is 14.1. The molecule has 0 aliphatic rings. The molecule has 0 aliphatic heterocycles. The minimum Gasteiger partial charge on any atom is -0.387 e. The molecular weight excluding hydrogens is 244 g/mol. The van der Waals surface area contributed by atoms with Gasteiger partial charge in [0.25, 0.3) is 0 Å². The molecule has 0 fully saturated rings. The summed E-state index contributed by atoms with van der Waals surface area (Å²) in [5.41, 5.74) is 0.834. The van der Waals surface area contributed by atoms with Crippen molar-refractivity contribution in [2.75, 3.05) is 12.4 Å². The number of nitrogens with one attached hydrogen (secondary N) is 1. The van der Waals surface area contributed by atoms with E-state index in [4.69, 9.17) is 0 Å². The van der Waals surface area contributed by atoms with E-state index in [0.717, 1.165) is 9.26 Å². The van der Waals surface area contributed by atoms with Crippen LogP contribution in [-0.2, 0) is 0 Å². The predicted octanol–water partition coefficient (Wildman–Crippen LogP) is 2.47. The molecule has 1 aromatic rings. The average Bonchev–Trinajstić information content (AvgIpc) is 1.94. The van der Waals surface area contributed by atoms with Crippen molar-refractivity contribution < 1.29 is 4.39 Å². The second-order valence-electron chi connectivity index (χ2n) is 1.87. The third-order valence-corrected chi connectivity index (χ3v) is 2.14. The van der Waals surface area contributed by atoms with Crippen molar-refractivity contribution in [3.8, 4) is 0 Å². The fraction of sp³-hybridized carbons (Fsp3) is 0.143. The van der Waals surface area contributed by atoms with Gasteiger partial charge in [0.15, 0.2) is 0 Å². The van der Waals surface area contributed by atoms with Gasteiger partial charge in [-0.25, -0.2) is 4.39 Å². The van der Waals surface area contributed by atoms with Crippen molar-refractivity contribution >= 4 is 28.3 Å². The van der Waals surface area contributed by atoms with E-state index in [0.29, 0.717) is 0 Å². The summed E-state index contributed by atoms with van der Waals surface area (Å²) in [6.45, 7) is 0. The normalized spacial score (nSPS) is 9.50. The molecule has 0 aliphatic carbocycles. The van der Waals surface area contributed by atoms with E-state index >= 15 is 0 Å². The molecule has 0 atom stereocenters. The molecule has 54 valence electrons. The van der Waals surface area contributed by atoms with Gasteiger partial charge in [0, 0.05) is 10.6 Å². The van der Waals surface area contributed by atoms with Gasteiger partial charge in [-0.3, -0.25) is 0 Å². The number of hydrogen-bond acceptors (Lipinski definition) is 1. The molecule has 10 heavy (non-hydrogen) atoms. The number of anilines is 1. The molecule has 1 nitrogen and oxygen atoms in total. The molecule has 1 rings (SSSR count). The Bertz CT molecular complexity index is 237. The molecule has 1 aromatic carbocycles. The zero-order valence-corrected chi connectivity index (χ0v) is 7.65. The predicted molar refractivity (Wildman–Crippen MR) is 48.7 cm³/mol. The molecule has 0 bridgehead atoms. The number of benzene rings is 1. The van der Waals surface area contributed by atoms with Crippen molar-refractivity contribution in [2.24, 2.45) is 0 Å². The largest absolute Gasteiger partial charge is 0.387 e. The molecule has 0 saturated heterocycles. The second kappa shape index (κ2) is 3.18. The lowest BCUT2D eigenvalue weighted by Gasteiger charge is -2.01. The molecule has 0 radical (unpaired) electrons. The first kappa shape index (κ1) is 7.78. The topological polar surface area (TPSA) is 12.0 Å². The molecular formula is C7H7FIN. The van der Waals surface area contributed by atoms with Crippen LogP contribution in [0, 0.1) is 9.39 Å². The van der Waals surface area contributed by atoms with Gasteiger partial charge in [-0.15, -0.1) is 0 Å². The fourth-order valence-corrected chi connectivity index (χ4v) is 1.29. The highest BCUT2D eigenvalue weighted by atomic mass is 127. The van der Waals surface area contributed by atoms with Crippen LogP contribution in [-0.4, -0.2) is 7.05 Å². The van der Waals surface area contributed by atoms with E-state index in [9.17, 15) is 4.39 Å². The summed E-state index contributed by atoms with van der Waals surface area (Å²) < 4.78 is 13.5. The van der Waals surface area contributed by atoms with Gasteiger partial charge in [0.1, 0.15) is 5.82 Å². The van der Waals surface area contributed by atoms with Gasteiger partial charge in [-0.2, -0.15) is 0 Å². The lowest BCUT2D eigenvalue weighted by molar-refractivity contribution is 0.628. The fourth-order valence-electron chi connectivity index (χ4n) is 0.689.